The van der Waals surface area contributed by atoms with Crippen molar-refractivity contribution in [2.45, 2.75) is 25.9 Å². The van der Waals surface area contributed by atoms with E-state index >= 15 is 0 Å². The molecule has 0 fully saturated rings. The summed E-state index contributed by atoms with van der Waals surface area (Å²) in [5.74, 6) is 0.387. The Morgan fingerprint density at radius 1 is 1.12 bits per heavy atom. The Morgan fingerprint density at radius 3 is 2.48 bits per heavy atom. The third kappa shape index (κ3) is 5.04. The van der Waals surface area contributed by atoms with E-state index in [2.05, 4.69) is 15.6 Å². The first-order chi connectivity index (χ1) is 12.0. The van der Waals surface area contributed by atoms with E-state index in [1.54, 1.807) is 13.1 Å². The van der Waals surface area contributed by atoms with Crippen molar-refractivity contribution in [2.75, 3.05) is 19.0 Å². The standard InChI is InChI=1S/C19H24N4O2/c1-4-16(24)22-17(14-9-6-5-7-10-14)19(25)21-13-15-11-8-12-20-18(15)23(2)3/h5-12,17H,4,13H2,1-3H3,(H,21,25)(H,22,24)/t17-/m0/s1. The minimum atomic E-state index is -0.715. The number of pyridine rings is 1. The molecule has 25 heavy (non-hydrogen) atoms. The summed E-state index contributed by atoms with van der Waals surface area (Å²) in [5.41, 5.74) is 1.66. The SMILES string of the molecule is CCC(=O)N[C@H](C(=O)NCc1cccnc1N(C)C)c1ccccc1. The lowest BCUT2D eigenvalue weighted by Crippen LogP contribution is -2.40. The van der Waals surface area contributed by atoms with Crippen molar-refractivity contribution in [2.24, 2.45) is 0 Å². The number of hydrogen-bond donors (Lipinski definition) is 2. The summed E-state index contributed by atoms with van der Waals surface area (Å²) in [7, 11) is 3.81. The molecule has 132 valence electrons. The van der Waals surface area contributed by atoms with E-state index in [0.717, 1.165) is 16.9 Å². The van der Waals surface area contributed by atoms with E-state index in [0.29, 0.717) is 13.0 Å². The molecule has 2 amide bonds. The molecule has 0 aliphatic heterocycles. The van der Waals surface area contributed by atoms with Gasteiger partial charge in [-0.25, -0.2) is 4.98 Å². The van der Waals surface area contributed by atoms with E-state index in [9.17, 15) is 9.59 Å². The zero-order chi connectivity index (χ0) is 18.2. The maximum atomic E-state index is 12.7. The van der Waals surface area contributed by atoms with Crippen LogP contribution in [0.1, 0.15) is 30.5 Å². The number of hydrogen-bond acceptors (Lipinski definition) is 4. The zero-order valence-corrected chi connectivity index (χ0v) is 14.8. The molecule has 1 heterocycles. The Hall–Kier alpha value is -2.89. The second-order valence-corrected chi connectivity index (χ2v) is 5.86. The second-order valence-electron chi connectivity index (χ2n) is 5.86. The third-order valence-electron chi connectivity index (χ3n) is 3.77. The first-order valence-corrected chi connectivity index (χ1v) is 8.26. The Morgan fingerprint density at radius 2 is 1.84 bits per heavy atom. The molecule has 1 aromatic heterocycles. The Labute approximate surface area is 148 Å². The molecule has 6 heteroatoms. The first-order valence-electron chi connectivity index (χ1n) is 8.26. The monoisotopic (exact) mass is 340 g/mol. The number of rotatable bonds is 7. The quantitative estimate of drug-likeness (QED) is 0.809. The molecule has 2 aromatic rings. The van der Waals surface area contributed by atoms with Crippen LogP contribution in [0.3, 0.4) is 0 Å². The number of nitrogens with one attached hydrogen (secondary N) is 2. The van der Waals surface area contributed by atoms with Gasteiger partial charge in [-0.3, -0.25) is 9.59 Å². The fraction of sp³-hybridized carbons (Fsp3) is 0.316. The van der Waals surface area contributed by atoms with Gasteiger partial charge in [-0.15, -0.1) is 0 Å². The highest BCUT2D eigenvalue weighted by molar-refractivity contribution is 5.88. The van der Waals surface area contributed by atoms with Crippen LogP contribution in [0.25, 0.3) is 0 Å². The number of anilines is 1. The molecule has 0 radical (unpaired) electrons. The molecular formula is C19H24N4O2. The molecule has 0 aliphatic carbocycles. The molecule has 0 saturated heterocycles. The summed E-state index contributed by atoms with van der Waals surface area (Å²) in [4.78, 5) is 30.7. The van der Waals surface area contributed by atoms with Gasteiger partial charge in [-0.05, 0) is 11.6 Å². The molecule has 1 aromatic carbocycles. The van der Waals surface area contributed by atoms with Gasteiger partial charge in [0.05, 0.1) is 0 Å². The van der Waals surface area contributed by atoms with Gasteiger partial charge < -0.3 is 15.5 Å². The van der Waals surface area contributed by atoms with Crippen LogP contribution in [0.15, 0.2) is 48.7 Å². The summed E-state index contributed by atoms with van der Waals surface area (Å²) in [6.45, 7) is 2.10. The molecule has 0 bridgehead atoms. The predicted molar refractivity (Wildman–Crippen MR) is 98.0 cm³/mol. The Bertz CT molecular complexity index is 716. The molecule has 2 rings (SSSR count). The highest BCUT2D eigenvalue weighted by Crippen LogP contribution is 2.16. The van der Waals surface area contributed by atoms with Crippen molar-refractivity contribution in [1.29, 1.82) is 0 Å². The van der Waals surface area contributed by atoms with Gasteiger partial charge in [-0.1, -0.05) is 43.3 Å². The molecule has 0 unspecified atom stereocenters. The number of carbonyl (C=O) groups excluding carboxylic acids is 2. The van der Waals surface area contributed by atoms with E-state index in [4.69, 9.17) is 0 Å². The van der Waals surface area contributed by atoms with Crippen molar-refractivity contribution < 1.29 is 9.59 Å². The Kier molecular flexibility index (Phi) is 6.51. The van der Waals surface area contributed by atoms with Gasteiger partial charge in [0, 0.05) is 38.8 Å². The average Bonchev–Trinajstić information content (AvgIpc) is 2.64. The second kappa shape index (κ2) is 8.82. The lowest BCUT2D eigenvalue weighted by Gasteiger charge is -2.20. The minimum Gasteiger partial charge on any atom is -0.362 e. The van der Waals surface area contributed by atoms with Gasteiger partial charge in [0.2, 0.25) is 11.8 Å². The molecule has 1 atom stereocenters. The van der Waals surface area contributed by atoms with Crippen LogP contribution in [-0.2, 0) is 16.1 Å². The summed E-state index contributed by atoms with van der Waals surface area (Å²) < 4.78 is 0. The smallest absolute Gasteiger partial charge is 0.247 e. The highest BCUT2D eigenvalue weighted by atomic mass is 16.2. The van der Waals surface area contributed by atoms with E-state index in [1.807, 2.05) is 61.5 Å². The van der Waals surface area contributed by atoms with Crippen LogP contribution in [0.4, 0.5) is 5.82 Å². The van der Waals surface area contributed by atoms with Crippen molar-refractivity contribution in [3.63, 3.8) is 0 Å². The van der Waals surface area contributed by atoms with E-state index < -0.39 is 6.04 Å². The lowest BCUT2D eigenvalue weighted by atomic mass is 10.1. The Balaban J connectivity index is 2.14. The summed E-state index contributed by atoms with van der Waals surface area (Å²) in [6.07, 6.45) is 2.04. The predicted octanol–water partition coefficient (Wildman–Crippen LogP) is 2.03. The highest BCUT2D eigenvalue weighted by Gasteiger charge is 2.22. The van der Waals surface area contributed by atoms with Crippen LogP contribution in [-0.4, -0.2) is 30.9 Å². The van der Waals surface area contributed by atoms with Crippen molar-refractivity contribution in [1.82, 2.24) is 15.6 Å². The van der Waals surface area contributed by atoms with Gasteiger partial charge in [-0.2, -0.15) is 0 Å². The van der Waals surface area contributed by atoms with Crippen molar-refractivity contribution in [3.05, 3.63) is 59.8 Å². The van der Waals surface area contributed by atoms with Crippen LogP contribution in [0.2, 0.25) is 0 Å². The average molecular weight is 340 g/mol. The van der Waals surface area contributed by atoms with Gasteiger partial charge in [0.25, 0.3) is 0 Å². The van der Waals surface area contributed by atoms with Crippen LogP contribution in [0.5, 0.6) is 0 Å². The third-order valence-corrected chi connectivity index (χ3v) is 3.77. The maximum absolute atomic E-state index is 12.7. The summed E-state index contributed by atoms with van der Waals surface area (Å²) in [5, 5.41) is 5.68. The molecule has 0 aliphatic rings. The first kappa shape index (κ1) is 18.4. The fourth-order valence-corrected chi connectivity index (χ4v) is 2.46. The van der Waals surface area contributed by atoms with Gasteiger partial charge in [0.1, 0.15) is 11.9 Å². The van der Waals surface area contributed by atoms with Gasteiger partial charge >= 0.3 is 0 Å². The van der Waals surface area contributed by atoms with Crippen molar-refractivity contribution in [3.8, 4) is 0 Å². The number of nitrogens with zero attached hydrogens (tertiary/aromatic N) is 2. The van der Waals surface area contributed by atoms with Crippen LogP contribution < -0.4 is 15.5 Å². The summed E-state index contributed by atoms with van der Waals surface area (Å²) in [6, 6.07) is 12.3. The number of amides is 2. The largest absolute Gasteiger partial charge is 0.362 e. The molecule has 2 N–H and O–H groups in total. The molecule has 0 saturated carbocycles. The molecule has 6 nitrogen and oxygen atoms in total. The van der Waals surface area contributed by atoms with Crippen LogP contribution in [0, 0.1) is 0 Å². The number of benzene rings is 1. The summed E-state index contributed by atoms with van der Waals surface area (Å²) >= 11 is 0. The molecule has 0 spiro atoms. The minimum absolute atomic E-state index is 0.167. The molecular weight excluding hydrogens is 316 g/mol. The topological polar surface area (TPSA) is 74.3 Å². The zero-order valence-electron chi connectivity index (χ0n) is 14.8. The van der Waals surface area contributed by atoms with Crippen LogP contribution >= 0.6 is 0 Å². The van der Waals surface area contributed by atoms with Crippen molar-refractivity contribution >= 4 is 17.6 Å². The number of carbonyl (C=O) groups is 2. The van der Waals surface area contributed by atoms with E-state index in [1.165, 1.54) is 0 Å². The van der Waals surface area contributed by atoms with E-state index in [-0.39, 0.29) is 11.8 Å². The fourth-order valence-electron chi connectivity index (χ4n) is 2.46. The lowest BCUT2D eigenvalue weighted by molar-refractivity contribution is -0.129. The normalized spacial score (nSPS) is 11.5. The number of aromatic nitrogens is 1. The maximum Gasteiger partial charge on any atom is 0.247 e. The van der Waals surface area contributed by atoms with Gasteiger partial charge in [0.15, 0.2) is 0 Å².